The van der Waals surface area contributed by atoms with Crippen LogP contribution in [0.3, 0.4) is 0 Å². The molecule has 43 heavy (non-hydrogen) atoms. The van der Waals surface area contributed by atoms with Gasteiger partial charge in [-0.1, -0.05) is 72.9 Å². The largest absolute Gasteiger partial charge is 0.492 e. The lowest BCUT2D eigenvalue weighted by atomic mass is 10.1. The lowest BCUT2D eigenvalue weighted by Crippen LogP contribution is -2.53. The highest BCUT2D eigenvalue weighted by Crippen LogP contribution is 2.33. The van der Waals surface area contributed by atoms with Crippen LogP contribution in [0.15, 0.2) is 71.6 Å². The van der Waals surface area contributed by atoms with Crippen molar-refractivity contribution in [3.05, 3.63) is 87.9 Å². The summed E-state index contributed by atoms with van der Waals surface area (Å²) in [6.45, 7) is 8.84. The highest BCUT2D eigenvalue weighted by Gasteiger charge is 2.35. The van der Waals surface area contributed by atoms with E-state index in [2.05, 4.69) is 5.32 Å². The van der Waals surface area contributed by atoms with Crippen molar-refractivity contribution >= 4 is 50.7 Å². The molecule has 2 atom stereocenters. The molecule has 0 fully saturated rings. The summed E-state index contributed by atoms with van der Waals surface area (Å²) in [5, 5.41) is 3.61. The Bertz CT molecular complexity index is 1500. The normalized spacial score (nSPS) is 12.7. The number of nitrogens with zero attached hydrogens (tertiary/aromatic N) is 2. The van der Waals surface area contributed by atoms with E-state index in [4.69, 9.17) is 27.9 Å². The smallest absolute Gasteiger partial charge is 0.264 e. The number of benzene rings is 3. The number of halogens is 2. The average Bonchev–Trinajstić information content (AvgIpc) is 2.97. The fourth-order valence-corrected chi connectivity index (χ4v) is 6.45. The van der Waals surface area contributed by atoms with Gasteiger partial charge in [-0.2, -0.15) is 0 Å². The number of hydrogen-bond donors (Lipinski definition) is 1. The quantitative estimate of drug-likeness (QED) is 0.212. The summed E-state index contributed by atoms with van der Waals surface area (Å²) >= 11 is 13.0. The van der Waals surface area contributed by atoms with Crippen molar-refractivity contribution in [2.24, 2.45) is 0 Å². The van der Waals surface area contributed by atoms with Crippen LogP contribution in [0.5, 0.6) is 5.75 Å². The Hall–Kier alpha value is -3.27. The number of rotatable bonds is 14. The predicted octanol–water partition coefficient (Wildman–Crippen LogP) is 6.62. The molecule has 3 aromatic carbocycles. The Balaban J connectivity index is 2.15. The van der Waals surface area contributed by atoms with Gasteiger partial charge in [-0.05, 0) is 70.0 Å². The second kappa shape index (κ2) is 15.5. The molecule has 0 bridgehead atoms. The minimum atomic E-state index is -4.25. The van der Waals surface area contributed by atoms with E-state index in [1.165, 1.54) is 17.0 Å². The zero-order valence-electron chi connectivity index (χ0n) is 25.1. The molecule has 0 aromatic heterocycles. The van der Waals surface area contributed by atoms with Gasteiger partial charge in [0.05, 0.1) is 17.2 Å². The fourth-order valence-electron chi connectivity index (χ4n) is 4.51. The first-order chi connectivity index (χ1) is 20.4. The Kier molecular flexibility index (Phi) is 12.3. The molecule has 0 heterocycles. The number of carbonyl (C=O) groups excluding carboxylic acids is 2. The van der Waals surface area contributed by atoms with Gasteiger partial charge in [0.25, 0.3) is 10.0 Å². The van der Waals surface area contributed by atoms with Crippen molar-refractivity contribution in [1.29, 1.82) is 0 Å². The first kappa shape index (κ1) is 34.2. The maximum atomic E-state index is 14.3. The third-order valence-electron chi connectivity index (χ3n) is 7.10. The molecule has 8 nitrogen and oxygen atoms in total. The van der Waals surface area contributed by atoms with Crippen LogP contribution in [0, 0.1) is 6.92 Å². The number of carbonyl (C=O) groups is 2. The van der Waals surface area contributed by atoms with Gasteiger partial charge < -0.3 is 15.0 Å². The van der Waals surface area contributed by atoms with Crippen LogP contribution < -0.4 is 14.4 Å². The molecule has 0 aliphatic heterocycles. The van der Waals surface area contributed by atoms with Crippen molar-refractivity contribution in [2.45, 2.75) is 71.0 Å². The van der Waals surface area contributed by atoms with E-state index in [9.17, 15) is 18.0 Å². The third-order valence-corrected chi connectivity index (χ3v) is 9.58. The minimum Gasteiger partial charge on any atom is -0.492 e. The second-order valence-corrected chi connectivity index (χ2v) is 12.9. The van der Waals surface area contributed by atoms with E-state index in [1.807, 2.05) is 20.8 Å². The van der Waals surface area contributed by atoms with Crippen molar-refractivity contribution in [3.63, 3.8) is 0 Å². The molecule has 0 radical (unpaired) electrons. The summed E-state index contributed by atoms with van der Waals surface area (Å²) in [6.07, 6.45) is 0.972. The van der Waals surface area contributed by atoms with Crippen LogP contribution in [0.25, 0.3) is 0 Å². The zero-order chi connectivity index (χ0) is 31.7. The molecule has 3 aromatic rings. The van der Waals surface area contributed by atoms with Crippen LogP contribution in [-0.2, 0) is 26.2 Å². The number of amides is 2. The topological polar surface area (TPSA) is 96.0 Å². The highest BCUT2D eigenvalue weighted by molar-refractivity contribution is 7.92. The summed E-state index contributed by atoms with van der Waals surface area (Å²) in [4.78, 5) is 29.2. The average molecular weight is 649 g/mol. The highest BCUT2D eigenvalue weighted by atomic mass is 35.5. The van der Waals surface area contributed by atoms with Crippen molar-refractivity contribution < 1.29 is 22.7 Å². The molecule has 11 heteroatoms. The SMILES string of the molecule is CCOc1ccccc1N(CC(=O)N(Cc1c(Cl)cccc1Cl)[C@H](CC)C(=O)N[C@H](C)CC)S(=O)(=O)c1ccc(C)cc1. The first-order valence-electron chi connectivity index (χ1n) is 14.3. The summed E-state index contributed by atoms with van der Waals surface area (Å²) in [5.74, 6) is -0.657. The van der Waals surface area contributed by atoms with Crippen LogP contribution in [0.4, 0.5) is 5.69 Å². The number of hydrogen-bond acceptors (Lipinski definition) is 5. The molecule has 0 aliphatic carbocycles. The lowest BCUT2D eigenvalue weighted by Gasteiger charge is -2.34. The fraction of sp³-hybridized carbons (Fsp3) is 0.375. The Morgan fingerprint density at radius 1 is 0.907 bits per heavy atom. The van der Waals surface area contributed by atoms with Crippen LogP contribution >= 0.6 is 23.2 Å². The number of ether oxygens (including phenoxy) is 1. The number of aryl methyl sites for hydroxylation is 1. The summed E-state index contributed by atoms with van der Waals surface area (Å²) in [7, 11) is -4.25. The van der Waals surface area contributed by atoms with E-state index < -0.39 is 28.5 Å². The molecule has 0 saturated heterocycles. The van der Waals surface area contributed by atoms with Gasteiger partial charge in [0.1, 0.15) is 18.3 Å². The van der Waals surface area contributed by atoms with E-state index in [-0.39, 0.29) is 42.1 Å². The zero-order valence-corrected chi connectivity index (χ0v) is 27.5. The first-order valence-corrected chi connectivity index (χ1v) is 16.5. The molecule has 2 amide bonds. The predicted molar refractivity (Wildman–Crippen MR) is 172 cm³/mol. The second-order valence-electron chi connectivity index (χ2n) is 10.2. The van der Waals surface area contributed by atoms with Gasteiger partial charge in [-0.15, -0.1) is 0 Å². The summed E-state index contributed by atoms with van der Waals surface area (Å²) in [5.41, 5.74) is 1.54. The maximum absolute atomic E-state index is 14.3. The van der Waals surface area contributed by atoms with Gasteiger partial charge in [0.2, 0.25) is 11.8 Å². The molecule has 1 N–H and O–H groups in total. The summed E-state index contributed by atoms with van der Waals surface area (Å²) < 4.78 is 35.1. The van der Waals surface area contributed by atoms with E-state index >= 15 is 0 Å². The molecular weight excluding hydrogens is 609 g/mol. The Morgan fingerprint density at radius 2 is 1.53 bits per heavy atom. The summed E-state index contributed by atoms with van der Waals surface area (Å²) in [6, 6.07) is 17.0. The number of anilines is 1. The van der Waals surface area contributed by atoms with Crippen molar-refractivity contribution in [1.82, 2.24) is 10.2 Å². The van der Waals surface area contributed by atoms with E-state index in [0.717, 1.165) is 9.87 Å². The standard InChI is InChI=1S/C32H39Cl2N3O5S/c1-6-23(5)35-32(39)28(7-2)36(20-25-26(33)12-11-13-27(25)34)31(38)21-37(29-14-9-10-15-30(29)42-8-3)43(40,41)24-18-16-22(4)17-19-24/h9-19,23,28H,6-8,20-21H2,1-5H3,(H,35,39)/t23-,28-/m1/s1. The van der Waals surface area contributed by atoms with E-state index in [1.54, 1.807) is 68.4 Å². The lowest BCUT2D eigenvalue weighted by molar-refractivity contribution is -0.140. The molecular formula is C32H39Cl2N3O5S. The van der Waals surface area contributed by atoms with Crippen molar-refractivity contribution in [2.75, 3.05) is 17.5 Å². The monoisotopic (exact) mass is 647 g/mol. The number of sulfonamides is 1. The molecule has 0 aliphatic rings. The van der Waals surface area contributed by atoms with Crippen LogP contribution in [0.1, 0.15) is 51.7 Å². The third kappa shape index (κ3) is 8.43. The van der Waals surface area contributed by atoms with Crippen LogP contribution in [0.2, 0.25) is 10.0 Å². The Morgan fingerprint density at radius 3 is 2.12 bits per heavy atom. The Labute approximate surface area is 265 Å². The van der Waals surface area contributed by atoms with Gasteiger partial charge in [0, 0.05) is 28.2 Å². The van der Waals surface area contributed by atoms with Gasteiger partial charge in [0.15, 0.2) is 0 Å². The van der Waals surface area contributed by atoms with Gasteiger partial charge >= 0.3 is 0 Å². The maximum Gasteiger partial charge on any atom is 0.264 e. The molecule has 232 valence electrons. The number of para-hydroxylation sites is 2. The van der Waals surface area contributed by atoms with E-state index in [0.29, 0.717) is 27.8 Å². The molecule has 3 rings (SSSR count). The number of nitrogens with one attached hydrogen (secondary N) is 1. The molecule has 0 unspecified atom stereocenters. The van der Waals surface area contributed by atoms with Crippen molar-refractivity contribution in [3.8, 4) is 5.75 Å². The van der Waals surface area contributed by atoms with Gasteiger partial charge in [-0.3, -0.25) is 13.9 Å². The van der Waals surface area contributed by atoms with Crippen LogP contribution in [-0.4, -0.2) is 50.4 Å². The molecule has 0 spiro atoms. The minimum absolute atomic E-state index is 0.0134. The molecule has 0 saturated carbocycles. The van der Waals surface area contributed by atoms with Gasteiger partial charge in [-0.25, -0.2) is 8.42 Å².